The van der Waals surface area contributed by atoms with E-state index in [9.17, 15) is 19.1 Å². The van der Waals surface area contributed by atoms with Gasteiger partial charge in [0.2, 0.25) is 0 Å². The molecule has 1 aliphatic rings. The van der Waals surface area contributed by atoms with Crippen molar-refractivity contribution in [2.24, 2.45) is 0 Å². The maximum atomic E-state index is 13.7. The number of aromatic nitrogens is 1. The minimum atomic E-state index is -0.980. The molecular formula is C25H16ClFN2O4S. The fourth-order valence-corrected chi connectivity index (χ4v) is 5.13. The smallest absolute Gasteiger partial charge is 0.301 e. The molecule has 170 valence electrons. The minimum absolute atomic E-state index is 0.0946. The van der Waals surface area contributed by atoms with Crippen LogP contribution in [-0.2, 0) is 9.59 Å². The Morgan fingerprint density at radius 3 is 2.59 bits per heavy atom. The lowest BCUT2D eigenvalue weighted by molar-refractivity contribution is -0.132. The summed E-state index contributed by atoms with van der Waals surface area (Å²) in [6.45, 7) is 0. The van der Waals surface area contributed by atoms with E-state index in [0.717, 1.165) is 11.3 Å². The van der Waals surface area contributed by atoms with E-state index in [4.69, 9.17) is 16.3 Å². The Labute approximate surface area is 202 Å². The van der Waals surface area contributed by atoms with Crippen molar-refractivity contribution in [1.29, 1.82) is 0 Å². The first-order chi connectivity index (χ1) is 16.4. The van der Waals surface area contributed by atoms with Gasteiger partial charge in [0.15, 0.2) is 5.13 Å². The first kappa shape index (κ1) is 22.1. The summed E-state index contributed by atoms with van der Waals surface area (Å²) >= 11 is 7.29. The third-order valence-corrected chi connectivity index (χ3v) is 6.77. The first-order valence-corrected chi connectivity index (χ1v) is 11.3. The summed E-state index contributed by atoms with van der Waals surface area (Å²) in [5.74, 6) is -1.90. The van der Waals surface area contributed by atoms with Crippen LogP contribution in [0.25, 0.3) is 16.0 Å². The minimum Gasteiger partial charge on any atom is -0.507 e. The molecule has 1 aromatic heterocycles. The Hall–Kier alpha value is -3.75. The second-order valence-corrected chi connectivity index (χ2v) is 9.01. The van der Waals surface area contributed by atoms with Crippen molar-refractivity contribution in [1.82, 2.24) is 4.98 Å². The highest BCUT2D eigenvalue weighted by Gasteiger charge is 2.48. The zero-order valence-electron chi connectivity index (χ0n) is 17.7. The summed E-state index contributed by atoms with van der Waals surface area (Å²) in [7, 11) is 1.52. The number of Topliss-reactive ketones (excluding diaryl/α,β-unsaturated/α-hetero) is 1. The fraction of sp³-hybridized carbons (Fsp3) is 0.0800. The number of amides is 1. The highest BCUT2D eigenvalue weighted by molar-refractivity contribution is 7.22. The first-order valence-electron chi connectivity index (χ1n) is 10.1. The number of fused-ring (bicyclic) bond motifs is 1. The lowest BCUT2D eigenvalue weighted by Gasteiger charge is -2.23. The predicted molar refractivity (Wildman–Crippen MR) is 129 cm³/mol. The Morgan fingerprint density at radius 2 is 1.88 bits per heavy atom. The number of hydrogen-bond donors (Lipinski definition) is 1. The maximum Gasteiger partial charge on any atom is 0.301 e. The number of halogens is 2. The van der Waals surface area contributed by atoms with Crippen LogP contribution in [0.4, 0.5) is 9.52 Å². The zero-order valence-corrected chi connectivity index (χ0v) is 19.2. The van der Waals surface area contributed by atoms with E-state index in [2.05, 4.69) is 4.98 Å². The number of aliphatic hydroxyl groups excluding tert-OH is 1. The average Bonchev–Trinajstić information content (AvgIpc) is 3.36. The molecule has 1 aliphatic heterocycles. The second kappa shape index (κ2) is 8.55. The maximum absolute atomic E-state index is 13.7. The fourth-order valence-electron chi connectivity index (χ4n) is 3.92. The van der Waals surface area contributed by atoms with Gasteiger partial charge in [0.1, 0.15) is 17.3 Å². The van der Waals surface area contributed by atoms with Gasteiger partial charge in [-0.2, -0.15) is 0 Å². The molecule has 3 aromatic carbocycles. The Bertz CT molecular complexity index is 1480. The van der Waals surface area contributed by atoms with Gasteiger partial charge in [-0.05, 0) is 60.2 Å². The van der Waals surface area contributed by atoms with Crippen molar-refractivity contribution in [3.8, 4) is 5.75 Å². The van der Waals surface area contributed by atoms with Crippen LogP contribution in [0.2, 0.25) is 5.02 Å². The molecule has 0 aliphatic carbocycles. The van der Waals surface area contributed by atoms with Gasteiger partial charge >= 0.3 is 5.91 Å². The van der Waals surface area contributed by atoms with Gasteiger partial charge in [0.05, 0.1) is 28.9 Å². The molecule has 4 aromatic rings. The van der Waals surface area contributed by atoms with Gasteiger partial charge in [-0.1, -0.05) is 35.1 Å². The van der Waals surface area contributed by atoms with E-state index < -0.39 is 23.5 Å². The molecule has 1 atom stereocenters. The van der Waals surface area contributed by atoms with Crippen molar-refractivity contribution < 1.29 is 23.8 Å². The second-order valence-electron chi connectivity index (χ2n) is 7.56. The number of ketones is 1. The van der Waals surface area contributed by atoms with Crippen LogP contribution in [0.1, 0.15) is 17.2 Å². The molecule has 1 saturated heterocycles. The van der Waals surface area contributed by atoms with Crippen molar-refractivity contribution in [2.75, 3.05) is 12.0 Å². The molecule has 0 radical (unpaired) electrons. The number of carbonyl (C=O) groups is 2. The van der Waals surface area contributed by atoms with Gasteiger partial charge in [0.25, 0.3) is 5.78 Å². The normalized spacial score (nSPS) is 17.5. The molecule has 0 saturated carbocycles. The van der Waals surface area contributed by atoms with E-state index in [-0.39, 0.29) is 16.5 Å². The number of methoxy groups -OCH3 is 1. The molecule has 1 fully saturated rings. The van der Waals surface area contributed by atoms with Crippen molar-refractivity contribution in [2.45, 2.75) is 6.04 Å². The zero-order chi connectivity index (χ0) is 24.0. The highest BCUT2D eigenvalue weighted by atomic mass is 35.5. The van der Waals surface area contributed by atoms with Crippen LogP contribution >= 0.6 is 22.9 Å². The Kier molecular flexibility index (Phi) is 5.55. The number of aliphatic hydroxyl groups is 1. The monoisotopic (exact) mass is 494 g/mol. The largest absolute Gasteiger partial charge is 0.507 e. The third kappa shape index (κ3) is 3.70. The molecular weight excluding hydrogens is 479 g/mol. The lowest BCUT2D eigenvalue weighted by Crippen LogP contribution is -2.29. The number of carbonyl (C=O) groups excluding carboxylic acids is 2. The topological polar surface area (TPSA) is 79.7 Å². The van der Waals surface area contributed by atoms with Crippen molar-refractivity contribution >= 4 is 55.7 Å². The van der Waals surface area contributed by atoms with Crippen LogP contribution in [-0.4, -0.2) is 28.9 Å². The van der Waals surface area contributed by atoms with Gasteiger partial charge in [0, 0.05) is 10.6 Å². The number of benzene rings is 3. The van der Waals surface area contributed by atoms with Crippen LogP contribution in [0.3, 0.4) is 0 Å². The van der Waals surface area contributed by atoms with E-state index in [1.807, 2.05) is 0 Å². The number of anilines is 1. The number of ether oxygens (including phenoxy) is 1. The number of thiazole rings is 1. The van der Waals surface area contributed by atoms with Gasteiger partial charge < -0.3 is 9.84 Å². The molecule has 1 unspecified atom stereocenters. The molecule has 9 heteroatoms. The van der Waals surface area contributed by atoms with Crippen molar-refractivity contribution in [3.05, 3.63) is 94.3 Å². The van der Waals surface area contributed by atoms with Gasteiger partial charge in [-0.3, -0.25) is 14.5 Å². The molecule has 34 heavy (non-hydrogen) atoms. The molecule has 6 nitrogen and oxygen atoms in total. The summed E-state index contributed by atoms with van der Waals surface area (Å²) in [5.41, 5.74) is 1.26. The van der Waals surface area contributed by atoms with Crippen LogP contribution < -0.4 is 9.64 Å². The Balaban J connectivity index is 1.72. The lowest BCUT2D eigenvalue weighted by atomic mass is 9.95. The molecule has 2 heterocycles. The molecule has 0 bridgehead atoms. The Morgan fingerprint density at radius 1 is 1.12 bits per heavy atom. The molecule has 0 spiro atoms. The highest BCUT2D eigenvalue weighted by Crippen LogP contribution is 2.44. The standard InChI is InChI=1S/C25H16ClFN2O4S/c1-33-17-8-5-13(6-9-17)22(30)20-21(14-3-2-4-15(26)11-14)29(24(32)23(20)31)25-28-18-10-7-16(27)12-19(18)34-25/h2-12,21,30H,1H3/b22-20+. The average molecular weight is 495 g/mol. The number of rotatable bonds is 4. The number of nitrogens with zero attached hydrogens (tertiary/aromatic N) is 2. The summed E-state index contributed by atoms with van der Waals surface area (Å²) < 4.78 is 19.4. The summed E-state index contributed by atoms with van der Waals surface area (Å²) in [6, 6.07) is 16.3. The van der Waals surface area contributed by atoms with Crippen LogP contribution in [0, 0.1) is 5.82 Å². The molecule has 1 amide bonds. The molecule has 1 N–H and O–H groups in total. The van der Waals surface area contributed by atoms with E-state index >= 15 is 0 Å². The van der Waals surface area contributed by atoms with Crippen LogP contribution in [0.15, 0.2) is 72.3 Å². The molecule has 5 rings (SSSR count). The van der Waals surface area contributed by atoms with Crippen LogP contribution in [0.5, 0.6) is 5.75 Å². The quantitative estimate of drug-likeness (QED) is 0.223. The summed E-state index contributed by atoms with van der Waals surface area (Å²) in [5, 5.41) is 11.8. The van der Waals surface area contributed by atoms with Crippen molar-refractivity contribution in [3.63, 3.8) is 0 Å². The van der Waals surface area contributed by atoms with E-state index in [1.165, 1.54) is 30.2 Å². The predicted octanol–water partition coefficient (Wildman–Crippen LogP) is 5.72. The van der Waals surface area contributed by atoms with E-state index in [1.54, 1.807) is 48.5 Å². The summed E-state index contributed by atoms with van der Waals surface area (Å²) in [6.07, 6.45) is 0. The van der Waals surface area contributed by atoms with Gasteiger partial charge in [-0.15, -0.1) is 0 Å². The van der Waals surface area contributed by atoms with E-state index in [0.29, 0.717) is 32.1 Å². The number of hydrogen-bond acceptors (Lipinski definition) is 6. The SMILES string of the molecule is COc1ccc(/C(O)=C2\C(=O)C(=O)N(c3nc4ccc(F)cc4s3)C2c2cccc(Cl)c2)cc1. The van der Waals surface area contributed by atoms with Gasteiger partial charge in [-0.25, -0.2) is 9.37 Å². The summed E-state index contributed by atoms with van der Waals surface area (Å²) in [4.78, 5) is 32.1. The third-order valence-electron chi connectivity index (χ3n) is 5.52.